The minimum atomic E-state index is -0.219. The van der Waals surface area contributed by atoms with Gasteiger partial charge in [0, 0.05) is 0 Å². The third kappa shape index (κ3) is 4.30. The largest absolute Gasteiger partial charge is 0.492 e. The number of nitrogens with zero attached hydrogens (tertiary/aromatic N) is 1. The molecule has 0 aromatic heterocycles. The van der Waals surface area contributed by atoms with Gasteiger partial charge in [0.15, 0.2) is 0 Å². The fourth-order valence-corrected chi connectivity index (χ4v) is 3.10. The zero-order valence-electron chi connectivity index (χ0n) is 16.3. The van der Waals surface area contributed by atoms with Crippen LogP contribution in [0.2, 0.25) is 0 Å². The molecule has 1 aliphatic rings. The van der Waals surface area contributed by atoms with Crippen molar-refractivity contribution in [2.24, 2.45) is 0 Å². The lowest BCUT2D eigenvalue weighted by molar-refractivity contribution is -0.117. The Morgan fingerprint density at radius 2 is 1.78 bits per heavy atom. The van der Waals surface area contributed by atoms with Gasteiger partial charge in [-0.2, -0.15) is 0 Å². The highest BCUT2D eigenvalue weighted by molar-refractivity contribution is 6.09. The van der Waals surface area contributed by atoms with E-state index in [2.05, 4.69) is 38.2 Å². The van der Waals surface area contributed by atoms with Crippen molar-refractivity contribution in [1.29, 1.82) is 0 Å². The summed E-state index contributed by atoms with van der Waals surface area (Å²) in [7, 11) is 0. The lowest BCUT2D eigenvalue weighted by Crippen LogP contribution is -2.38. The van der Waals surface area contributed by atoms with Gasteiger partial charge < -0.3 is 15.0 Å². The first-order valence-electron chi connectivity index (χ1n) is 9.18. The van der Waals surface area contributed by atoms with E-state index in [1.165, 1.54) is 5.56 Å². The lowest BCUT2D eigenvalue weighted by atomic mass is 9.87. The van der Waals surface area contributed by atoms with Gasteiger partial charge in [0.2, 0.25) is 5.91 Å². The number of benzene rings is 2. The third-order valence-electron chi connectivity index (χ3n) is 4.69. The molecular formula is C22H26N2O3. The van der Waals surface area contributed by atoms with Crippen molar-refractivity contribution >= 4 is 17.5 Å². The van der Waals surface area contributed by atoms with Gasteiger partial charge in [0.25, 0.3) is 5.91 Å². The first-order chi connectivity index (χ1) is 12.8. The van der Waals surface area contributed by atoms with Gasteiger partial charge in [-0.15, -0.1) is 0 Å². The Bertz CT molecular complexity index is 851. The molecule has 0 bridgehead atoms. The molecule has 1 aliphatic heterocycles. The van der Waals surface area contributed by atoms with Crippen LogP contribution in [0.15, 0.2) is 42.5 Å². The summed E-state index contributed by atoms with van der Waals surface area (Å²) in [6.45, 7) is 9.15. The molecule has 0 fully saturated rings. The summed E-state index contributed by atoms with van der Waals surface area (Å²) >= 11 is 0. The maximum Gasteiger partial charge on any atom is 0.253 e. The van der Waals surface area contributed by atoms with E-state index < -0.39 is 0 Å². The summed E-state index contributed by atoms with van der Waals surface area (Å²) in [6.07, 6.45) is 0. The highest BCUT2D eigenvalue weighted by Crippen LogP contribution is 2.26. The summed E-state index contributed by atoms with van der Waals surface area (Å²) < 4.78 is 5.83. The Balaban J connectivity index is 1.71. The summed E-state index contributed by atoms with van der Waals surface area (Å²) in [5.74, 6) is 0.407. The SMILES string of the molecule is Cc1ccc2c(c1)C(=O)NCC(=O)N2CCOc1ccc(C(C)(C)C)cc1. The molecular weight excluding hydrogens is 340 g/mol. The van der Waals surface area contributed by atoms with Crippen LogP contribution < -0.4 is 15.0 Å². The molecule has 0 saturated heterocycles. The monoisotopic (exact) mass is 366 g/mol. The van der Waals surface area contributed by atoms with E-state index in [0.717, 1.165) is 11.3 Å². The average Bonchev–Trinajstić information content (AvgIpc) is 2.73. The highest BCUT2D eigenvalue weighted by Gasteiger charge is 2.26. The number of amides is 2. The van der Waals surface area contributed by atoms with Crippen LogP contribution in [0.4, 0.5) is 5.69 Å². The molecule has 0 radical (unpaired) electrons. The van der Waals surface area contributed by atoms with Crippen molar-refractivity contribution in [1.82, 2.24) is 5.32 Å². The van der Waals surface area contributed by atoms with Crippen LogP contribution in [-0.4, -0.2) is 31.5 Å². The van der Waals surface area contributed by atoms with Gasteiger partial charge in [-0.05, 0) is 42.2 Å². The highest BCUT2D eigenvalue weighted by atomic mass is 16.5. The maximum atomic E-state index is 12.5. The van der Waals surface area contributed by atoms with Gasteiger partial charge in [-0.1, -0.05) is 44.5 Å². The van der Waals surface area contributed by atoms with E-state index in [9.17, 15) is 9.59 Å². The van der Waals surface area contributed by atoms with Crippen molar-refractivity contribution in [2.75, 3.05) is 24.6 Å². The minimum Gasteiger partial charge on any atom is -0.492 e. The van der Waals surface area contributed by atoms with E-state index in [1.54, 1.807) is 4.90 Å². The Labute approximate surface area is 160 Å². The number of fused-ring (bicyclic) bond motifs is 1. The van der Waals surface area contributed by atoms with Crippen LogP contribution in [0.1, 0.15) is 42.3 Å². The number of anilines is 1. The fraction of sp³-hybridized carbons (Fsp3) is 0.364. The summed E-state index contributed by atoms with van der Waals surface area (Å²) in [6, 6.07) is 13.6. The van der Waals surface area contributed by atoms with Crippen LogP contribution in [0, 0.1) is 6.92 Å². The minimum absolute atomic E-state index is 0.00710. The predicted molar refractivity (Wildman–Crippen MR) is 107 cm³/mol. The Morgan fingerprint density at radius 3 is 2.44 bits per heavy atom. The molecule has 1 heterocycles. The van der Waals surface area contributed by atoms with Crippen molar-refractivity contribution in [2.45, 2.75) is 33.1 Å². The number of carbonyl (C=O) groups excluding carboxylic acids is 2. The molecule has 3 rings (SSSR count). The molecule has 0 unspecified atom stereocenters. The van der Waals surface area contributed by atoms with Crippen molar-refractivity contribution in [3.05, 3.63) is 59.2 Å². The van der Waals surface area contributed by atoms with Crippen molar-refractivity contribution in [3.63, 3.8) is 0 Å². The molecule has 27 heavy (non-hydrogen) atoms. The normalized spacial score (nSPS) is 14.4. The van der Waals surface area contributed by atoms with Gasteiger partial charge in [-0.25, -0.2) is 0 Å². The number of nitrogens with one attached hydrogen (secondary N) is 1. The molecule has 0 atom stereocenters. The van der Waals surface area contributed by atoms with Gasteiger partial charge in [-0.3, -0.25) is 9.59 Å². The molecule has 0 aliphatic carbocycles. The number of ether oxygens (including phenoxy) is 1. The van der Waals surface area contributed by atoms with Crippen LogP contribution in [0.25, 0.3) is 0 Å². The Morgan fingerprint density at radius 1 is 1.07 bits per heavy atom. The van der Waals surface area contributed by atoms with Gasteiger partial charge in [0.1, 0.15) is 12.4 Å². The lowest BCUT2D eigenvalue weighted by Gasteiger charge is -2.23. The third-order valence-corrected chi connectivity index (χ3v) is 4.69. The Kier molecular flexibility index (Phi) is 5.22. The van der Waals surface area contributed by atoms with Gasteiger partial charge >= 0.3 is 0 Å². The molecule has 5 heteroatoms. The second-order valence-electron chi connectivity index (χ2n) is 7.87. The van der Waals surface area contributed by atoms with Crippen LogP contribution >= 0.6 is 0 Å². The molecule has 2 aromatic carbocycles. The number of carbonyl (C=O) groups is 2. The second-order valence-corrected chi connectivity index (χ2v) is 7.87. The maximum absolute atomic E-state index is 12.5. The summed E-state index contributed by atoms with van der Waals surface area (Å²) in [5.41, 5.74) is 3.47. The second kappa shape index (κ2) is 7.43. The molecule has 2 aromatic rings. The first-order valence-corrected chi connectivity index (χ1v) is 9.18. The number of hydrogen-bond acceptors (Lipinski definition) is 3. The quantitative estimate of drug-likeness (QED) is 0.902. The van der Waals surface area contributed by atoms with Gasteiger partial charge in [0.05, 0.1) is 24.3 Å². The standard InChI is InChI=1S/C22H26N2O3/c1-15-5-10-19-18(13-15)21(26)23-14-20(25)24(19)11-12-27-17-8-6-16(7-9-17)22(2,3)4/h5-10,13H,11-12,14H2,1-4H3,(H,23,26). The number of rotatable bonds is 4. The number of aryl methyl sites for hydroxylation is 1. The van der Waals surface area contributed by atoms with E-state index in [-0.39, 0.29) is 23.8 Å². The molecule has 5 nitrogen and oxygen atoms in total. The number of hydrogen-bond donors (Lipinski definition) is 1. The summed E-state index contributed by atoms with van der Waals surface area (Å²) in [4.78, 5) is 26.3. The smallest absolute Gasteiger partial charge is 0.253 e. The molecule has 2 amide bonds. The molecule has 0 spiro atoms. The predicted octanol–water partition coefficient (Wildman–Crippen LogP) is 3.45. The van der Waals surface area contributed by atoms with Crippen LogP contribution in [0.3, 0.4) is 0 Å². The van der Waals surface area contributed by atoms with Crippen LogP contribution in [0.5, 0.6) is 5.75 Å². The summed E-state index contributed by atoms with van der Waals surface area (Å²) in [5, 5.41) is 2.67. The first kappa shape index (κ1) is 19.0. The van der Waals surface area contributed by atoms with Crippen LogP contribution in [-0.2, 0) is 10.2 Å². The molecule has 142 valence electrons. The van der Waals surface area contributed by atoms with Crippen molar-refractivity contribution < 1.29 is 14.3 Å². The topological polar surface area (TPSA) is 58.6 Å². The van der Waals surface area contributed by atoms with Crippen molar-refractivity contribution in [3.8, 4) is 5.75 Å². The van der Waals surface area contributed by atoms with E-state index in [4.69, 9.17) is 4.74 Å². The fourth-order valence-electron chi connectivity index (χ4n) is 3.10. The van der Waals surface area contributed by atoms with E-state index >= 15 is 0 Å². The zero-order chi connectivity index (χ0) is 19.6. The Hall–Kier alpha value is -2.82. The van der Waals surface area contributed by atoms with E-state index in [0.29, 0.717) is 24.4 Å². The molecule has 1 N–H and O–H groups in total. The zero-order valence-corrected chi connectivity index (χ0v) is 16.3. The van der Waals surface area contributed by atoms with E-state index in [1.807, 2.05) is 37.3 Å². The average molecular weight is 366 g/mol. The molecule has 0 saturated carbocycles.